The Labute approximate surface area is 166 Å². The molecule has 0 N–H and O–H groups in total. The molecule has 5 heteroatoms. The van der Waals surface area contributed by atoms with Gasteiger partial charge in [-0.05, 0) is 44.6 Å². The summed E-state index contributed by atoms with van der Waals surface area (Å²) in [6, 6.07) is 12.2. The third-order valence-electron chi connectivity index (χ3n) is 6.97. The van der Waals surface area contributed by atoms with Crippen LogP contribution in [0.5, 0.6) is 0 Å². The molecule has 5 rings (SSSR count). The molecule has 2 aliphatic heterocycles. The van der Waals surface area contributed by atoms with Crippen LogP contribution in [0.2, 0.25) is 0 Å². The van der Waals surface area contributed by atoms with Gasteiger partial charge in [-0.25, -0.2) is 0 Å². The molecule has 1 unspecified atom stereocenters. The summed E-state index contributed by atoms with van der Waals surface area (Å²) in [5, 5.41) is 4.23. The quantitative estimate of drug-likeness (QED) is 0.789. The zero-order valence-electron chi connectivity index (χ0n) is 16.5. The molecule has 1 aromatic carbocycles. The van der Waals surface area contributed by atoms with E-state index in [1.807, 2.05) is 36.4 Å². The monoisotopic (exact) mass is 379 g/mol. The highest BCUT2D eigenvalue weighted by atomic mass is 16.5. The Morgan fingerprint density at radius 1 is 1.11 bits per heavy atom. The zero-order chi connectivity index (χ0) is 19.0. The van der Waals surface area contributed by atoms with E-state index < -0.39 is 0 Å². The van der Waals surface area contributed by atoms with Crippen molar-refractivity contribution in [3.63, 3.8) is 0 Å². The number of carbonyl (C=O) groups excluding carboxylic acids is 1. The van der Waals surface area contributed by atoms with Crippen molar-refractivity contribution < 1.29 is 9.32 Å². The number of amides is 1. The standard InChI is InChI=1S/C23H29N3O2/c27-22-23(10-5-12-26(22)15-18-6-4-7-18)11-13-25(17-23)16-20-14-21(24-28-20)19-8-2-1-3-9-19/h1-3,8-9,14,18H,4-7,10-13,15-17H2. The van der Waals surface area contributed by atoms with Crippen molar-refractivity contribution in [2.24, 2.45) is 11.3 Å². The lowest BCUT2D eigenvalue weighted by atomic mass is 9.77. The van der Waals surface area contributed by atoms with Crippen molar-refractivity contribution in [1.29, 1.82) is 0 Å². The Morgan fingerprint density at radius 3 is 2.75 bits per heavy atom. The minimum atomic E-state index is -0.162. The van der Waals surface area contributed by atoms with Gasteiger partial charge in [0.2, 0.25) is 5.91 Å². The van der Waals surface area contributed by atoms with Crippen LogP contribution >= 0.6 is 0 Å². The van der Waals surface area contributed by atoms with Crippen molar-refractivity contribution in [3.05, 3.63) is 42.2 Å². The third-order valence-corrected chi connectivity index (χ3v) is 6.97. The van der Waals surface area contributed by atoms with Crippen LogP contribution in [0, 0.1) is 11.3 Å². The lowest BCUT2D eigenvalue weighted by Crippen LogP contribution is -2.51. The van der Waals surface area contributed by atoms with Crippen LogP contribution in [0.4, 0.5) is 0 Å². The maximum absolute atomic E-state index is 13.3. The highest BCUT2D eigenvalue weighted by molar-refractivity contribution is 5.84. The van der Waals surface area contributed by atoms with Gasteiger partial charge in [0.15, 0.2) is 5.76 Å². The topological polar surface area (TPSA) is 49.6 Å². The number of piperidine rings is 1. The molecule has 148 valence electrons. The van der Waals surface area contributed by atoms with Crippen LogP contribution in [0.15, 0.2) is 40.9 Å². The van der Waals surface area contributed by atoms with Gasteiger partial charge in [-0.2, -0.15) is 0 Å². The van der Waals surface area contributed by atoms with Crippen molar-refractivity contribution >= 4 is 5.91 Å². The predicted octanol–water partition coefficient (Wildman–Crippen LogP) is 3.96. The number of hydrogen-bond donors (Lipinski definition) is 0. The van der Waals surface area contributed by atoms with Gasteiger partial charge in [-0.15, -0.1) is 0 Å². The van der Waals surface area contributed by atoms with E-state index in [1.165, 1.54) is 19.3 Å². The fraction of sp³-hybridized carbons (Fsp3) is 0.565. The second kappa shape index (κ2) is 7.36. The molecule has 0 radical (unpaired) electrons. The highest BCUT2D eigenvalue weighted by Gasteiger charge is 2.48. The van der Waals surface area contributed by atoms with E-state index in [-0.39, 0.29) is 5.41 Å². The Kier molecular flexibility index (Phi) is 4.71. The molecule has 0 bridgehead atoms. The summed E-state index contributed by atoms with van der Waals surface area (Å²) in [5.74, 6) is 2.04. The fourth-order valence-corrected chi connectivity index (χ4v) is 5.14. The first-order valence-corrected chi connectivity index (χ1v) is 10.7. The molecule has 28 heavy (non-hydrogen) atoms. The van der Waals surface area contributed by atoms with Crippen LogP contribution < -0.4 is 0 Å². The third kappa shape index (κ3) is 3.37. The molecular formula is C23H29N3O2. The molecule has 1 spiro atoms. The number of benzene rings is 1. The van der Waals surface area contributed by atoms with Gasteiger partial charge >= 0.3 is 0 Å². The molecule has 2 saturated heterocycles. The molecule has 1 aliphatic carbocycles. The van der Waals surface area contributed by atoms with Crippen LogP contribution in [-0.4, -0.2) is 47.0 Å². The first kappa shape index (κ1) is 17.9. The van der Waals surface area contributed by atoms with Gasteiger partial charge in [0, 0.05) is 31.3 Å². The second-order valence-electron chi connectivity index (χ2n) is 8.94. The Morgan fingerprint density at radius 2 is 1.96 bits per heavy atom. The van der Waals surface area contributed by atoms with Crippen molar-refractivity contribution in [2.75, 3.05) is 26.2 Å². The summed E-state index contributed by atoms with van der Waals surface area (Å²) in [7, 11) is 0. The number of aromatic nitrogens is 1. The van der Waals surface area contributed by atoms with E-state index in [0.717, 1.165) is 74.9 Å². The molecular weight excluding hydrogens is 350 g/mol. The molecule has 1 saturated carbocycles. The van der Waals surface area contributed by atoms with Crippen molar-refractivity contribution in [2.45, 2.75) is 45.1 Å². The fourth-order valence-electron chi connectivity index (χ4n) is 5.14. The molecule has 1 aromatic heterocycles. The van der Waals surface area contributed by atoms with Crippen LogP contribution in [0.3, 0.4) is 0 Å². The van der Waals surface area contributed by atoms with E-state index in [4.69, 9.17) is 4.52 Å². The van der Waals surface area contributed by atoms with Gasteiger partial charge in [-0.3, -0.25) is 9.69 Å². The summed E-state index contributed by atoms with van der Waals surface area (Å²) >= 11 is 0. The Balaban J connectivity index is 1.23. The number of nitrogens with zero attached hydrogens (tertiary/aromatic N) is 3. The van der Waals surface area contributed by atoms with E-state index in [2.05, 4.69) is 15.0 Å². The zero-order valence-corrected chi connectivity index (χ0v) is 16.5. The predicted molar refractivity (Wildman–Crippen MR) is 107 cm³/mol. The normalized spacial score (nSPS) is 26.1. The lowest BCUT2D eigenvalue weighted by Gasteiger charge is -2.42. The first-order chi connectivity index (χ1) is 13.7. The SMILES string of the molecule is O=C1N(CC2CCC2)CCCC12CCN(Cc1cc(-c3ccccc3)no1)C2. The Bertz CT molecular complexity index is 829. The summed E-state index contributed by atoms with van der Waals surface area (Å²) in [6.45, 7) is 4.50. The first-order valence-electron chi connectivity index (χ1n) is 10.7. The average Bonchev–Trinajstić information content (AvgIpc) is 3.31. The average molecular weight is 380 g/mol. The van der Waals surface area contributed by atoms with Gasteiger partial charge < -0.3 is 9.42 Å². The Hall–Kier alpha value is -2.14. The molecule has 5 nitrogen and oxygen atoms in total. The van der Waals surface area contributed by atoms with Crippen LogP contribution in [-0.2, 0) is 11.3 Å². The summed E-state index contributed by atoms with van der Waals surface area (Å²) < 4.78 is 5.59. The largest absolute Gasteiger partial charge is 0.359 e. The summed E-state index contributed by atoms with van der Waals surface area (Å²) in [6.07, 6.45) is 7.11. The van der Waals surface area contributed by atoms with Gasteiger partial charge in [0.25, 0.3) is 0 Å². The van der Waals surface area contributed by atoms with E-state index in [1.54, 1.807) is 0 Å². The number of carbonyl (C=O) groups is 1. The van der Waals surface area contributed by atoms with E-state index >= 15 is 0 Å². The minimum Gasteiger partial charge on any atom is -0.359 e. The van der Waals surface area contributed by atoms with Crippen LogP contribution in [0.1, 0.15) is 44.3 Å². The summed E-state index contributed by atoms with van der Waals surface area (Å²) in [5.41, 5.74) is 1.79. The number of rotatable bonds is 5. The van der Waals surface area contributed by atoms with Crippen molar-refractivity contribution in [3.8, 4) is 11.3 Å². The van der Waals surface area contributed by atoms with Crippen molar-refractivity contribution in [1.82, 2.24) is 15.0 Å². The van der Waals surface area contributed by atoms with Gasteiger partial charge in [-0.1, -0.05) is 41.9 Å². The second-order valence-corrected chi connectivity index (χ2v) is 8.94. The molecule has 3 fully saturated rings. The molecule has 3 aliphatic rings. The molecule has 1 amide bonds. The number of likely N-dealkylation sites (tertiary alicyclic amines) is 2. The lowest BCUT2D eigenvalue weighted by molar-refractivity contribution is -0.146. The molecule has 2 aromatic rings. The minimum absolute atomic E-state index is 0.162. The maximum Gasteiger partial charge on any atom is 0.230 e. The van der Waals surface area contributed by atoms with Crippen LogP contribution in [0.25, 0.3) is 11.3 Å². The maximum atomic E-state index is 13.3. The summed E-state index contributed by atoms with van der Waals surface area (Å²) in [4.78, 5) is 17.8. The smallest absolute Gasteiger partial charge is 0.230 e. The molecule has 3 heterocycles. The molecule has 1 atom stereocenters. The van der Waals surface area contributed by atoms with E-state index in [9.17, 15) is 4.79 Å². The van der Waals surface area contributed by atoms with E-state index in [0.29, 0.717) is 5.91 Å². The van der Waals surface area contributed by atoms with Gasteiger partial charge in [0.05, 0.1) is 12.0 Å². The highest BCUT2D eigenvalue weighted by Crippen LogP contribution is 2.41. The number of hydrogen-bond acceptors (Lipinski definition) is 4. The van der Waals surface area contributed by atoms with Gasteiger partial charge in [0.1, 0.15) is 5.69 Å².